The van der Waals surface area contributed by atoms with Crippen molar-refractivity contribution in [3.63, 3.8) is 0 Å². The van der Waals surface area contributed by atoms with Crippen LogP contribution < -0.4 is 14.9 Å². The Bertz CT molecular complexity index is 1110. The van der Waals surface area contributed by atoms with Crippen molar-refractivity contribution in [1.82, 2.24) is 5.43 Å². The van der Waals surface area contributed by atoms with E-state index >= 15 is 0 Å². The molecule has 0 atom stereocenters. The van der Waals surface area contributed by atoms with Gasteiger partial charge in [-0.2, -0.15) is 10.4 Å². The van der Waals surface area contributed by atoms with Gasteiger partial charge < -0.3 is 9.47 Å². The summed E-state index contributed by atoms with van der Waals surface area (Å²) in [4.78, 5) is 12.1. The molecule has 7 heteroatoms. The topological polar surface area (TPSA) is 83.7 Å². The lowest BCUT2D eigenvalue weighted by Gasteiger charge is -2.11. The average Bonchev–Trinajstić information content (AvgIpc) is 2.79. The van der Waals surface area contributed by atoms with Gasteiger partial charge in [0.05, 0.1) is 25.0 Å². The van der Waals surface area contributed by atoms with Gasteiger partial charge in [0, 0.05) is 11.1 Å². The number of hydrazone groups is 1. The second-order valence-corrected chi connectivity index (χ2v) is 6.18. The number of ether oxygens (including phenoxy) is 2. The number of hydrogen-bond acceptors (Lipinski definition) is 5. The zero-order valence-corrected chi connectivity index (χ0v) is 16.1. The van der Waals surface area contributed by atoms with Gasteiger partial charge in [0.1, 0.15) is 12.4 Å². The first-order valence-corrected chi connectivity index (χ1v) is 8.98. The molecule has 0 fully saturated rings. The molecule has 0 heterocycles. The zero-order valence-electron chi connectivity index (χ0n) is 16.1. The van der Waals surface area contributed by atoms with Crippen molar-refractivity contribution >= 4 is 12.1 Å². The normalized spacial score (nSPS) is 10.4. The molecular formula is C23H18FN3O3. The van der Waals surface area contributed by atoms with E-state index in [2.05, 4.69) is 10.5 Å². The van der Waals surface area contributed by atoms with Crippen LogP contribution in [0.2, 0.25) is 0 Å². The van der Waals surface area contributed by atoms with Gasteiger partial charge >= 0.3 is 0 Å². The average molecular weight is 403 g/mol. The lowest BCUT2D eigenvalue weighted by atomic mass is 10.1. The molecule has 0 aromatic heterocycles. The monoisotopic (exact) mass is 403 g/mol. The molecular weight excluding hydrogens is 385 g/mol. The fraction of sp³-hybridized carbons (Fsp3) is 0.0870. The van der Waals surface area contributed by atoms with E-state index in [1.807, 2.05) is 6.07 Å². The summed E-state index contributed by atoms with van der Waals surface area (Å²) in [7, 11) is 1.50. The van der Waals surface area contributed by atoms with Gasteiger partial charge in [0.2, 0.25) is 0 Å². The molecule has 0 bridgehead atoms. The van der Waals surface area contributed by atoms with Crippen LogP contribution >= 0.6 is 0 Å². The Morgan fingerprint density at radius 1 is 1.13 bits per heavy atom. The van der Waals surface area contributed by atoms with E-state index in [4.69, 9.17) is 14.7 Å². The summed E-state index contributed by atoms with van der Waals surface area (Å²) in [6.45, 7) is 0.0666. The van der Waals surface area contributed by atoms with Crippen LogP contribution in [-0.4, -0.2) is 19.2 Å². The molecule has 0 unspecified atom stereocenters. The highest BCUT2D eigenvalue weighted by atomic mass is 19.1. The van der Waals surface area contributed by atoms with E-state index in [0.717, 1.165) is 0 Å². The predicted molar refractivity (Wildman–Crippen MR) is 110 cm³/mol. The standard InChI is InChI=1S/C23H18FN3O3/c1-29-22-12-17(8-11-21(22)30-15-19-4-2-3-5-20(19)24)14-26-27-23(28)18-9-6-16(13-25)7-10-18/h2-12,14H,15H2,1H3,(H,27,28)/b26-14-. The summed E-state index contributed by atoms with van der Waals surface area (Å²) >= 11 is 0. The molecule has 1 amide bonds. The minimum Gasteiger partial charge on any atom is -0.493 e. The Kier molecular flexibility index (Phi) is 6.74. The number of amides is 1. The van der Waals surface area contributed by atoms with E-state index in [0.29, 0.717) is 33.8 Å². The smallest absolute Gasteiger partial charge is 0.271 e. The number of benzene rings is 3. The van der Waals surface area contributed by atoms with Gasteiger partial charge in [0.25, 0.3) is 5.91 Å². The van der Waals surface area contributed by atoms with Crippen molar-refractivity contribution in [2.24, 2.45) is 5.10 Å². The second-order valence-electron chi connectivity index (χ2n) is 6.18. The van der Waals surface area contributed by atoms with Crippen LogP contribution in [0.3, 0.4) is 0 Å². The maximum Gasteiger partial charge on any atom is 0.271 e. The molecule has 150 valence electrons. The van der Waals surface area contributed by atoms with Gasteiger partial charge in [-0.25, -0.2) is 9.82 Å². The van der Waals surface area contributed by atoms with E-state index in [9.17, 15) is 9.18 Å². The van der Waals surface area contributed by atoms with Crippen LogP contribution in [0.4, 0.5) is 4.39 Å². The Balaban J connectivity index is 1.63. The summed E-state index contributed by atoms with van der Waals surface area (Å²) < 4.78 is 24.7. The summed E-state index contributed by atoms with van der Waals surface area (Å²) in [5.41, 5.74) is 4.40. The summed E-state index contributed by atoms with van der Waals surface area (Å²) in [6, 6.07) is 19.7. The van der Waals surface area contributed by atoms with Crippen molar-refractivity contribution in [3.8, 4) is 17.6 Å². The highest BCUT2D eigenvalue weighted by molar-refractivity contribution is 5.95. The number of nitriles is 1. The van der Waals surface area contributed by atoms with Crippen LogP contribution in [0.15, 0.2) is 71.8 Å². The molecule has 0 radical (unpaired) electrons. The fourth-order valence-electron chi connectivity index (χ4n) is 2.58. The lowest BCUT2D eigenvalue weighted by Crippen LogP contribution is -2.17. The van der Waals surface area contributed by atoms with Crippen molar-refractivity contribution in [2.75, 3.05) is 7.11 Å². The molecule has 0 spiro atoms. The third-order valence-electron chi connectivity index (χ3n) is 4.18. The SMILES string of the molecule is COc1cc(/C=N\NC(=O)c2ccc(C#N)cc2)ccc1OCc1ccccc1F. The third-order valence-corrected chi connectivity index (χ3v) is 4.18. The summed E-state index contributed by atoms with van der Waals surface area (Å²) in [5.74, 6) is 0.180. The largest absolute Gasteiger partial charge is 0.493 e. The Morgan fingerprint density at radius 3 is 2.60 bits per heavy atom. The van der Waals surface area contributed by atoms with E-state index in [-0.39, 0.29) is 12.4 Å². The van der Waals surface area contributed by atoms with Gasteiger partial charge in [-0.3, -0.25) is 4.79 Å². The first-order valence-electron chi connectivity index (χ1n) is 8.98. The molecule has 3 aromatic rings. The van der Waals surface area contributed by atoms with Gasteiger partial charge in [-0.1, -0.05) is 18.2 Å². The molecule has 30 heavy (non-hydrogen) atoms. The van der Waals surface area contributed by atoms with Crippen molar-refractivity contribution < 1.29 is 18.7 Å². The Labute approximate surface area is 173 Å². The predicted octanol–water partition coefficient (Wildman–Crippen LogP) is 4.05. The summed E-state index contributed by atoms with van der Waals surface area (Å²) in [6.07, 6.45) is 1.46. The zero-order chi connectivity index (χ0) is 21.3. The summed E-state index contributed by atoms with van der Waals surface area (Å²) in [5, 5.41) is 12.7. The van der Waals surface area contributed by atoms with Crippen LogP contribution in [0, 0.1) is 17.1 Å². The van der Waals surface area contributed by atoms with Gasteiger partial charge in [-0.15, -0.1) is 0 Å². The number of hydrogen-bond donors (Lipinski definition) is 1. The molecule has 6 nitrogen and oxygen atoms in total. The van der Waals surface area contributed by atoms with E-state index < -0.39 is 5.91 Å². The first kappa shape index (κ1) is 20.6. The van der Waals surface area contributed by atoms with E-state index in [1.54, 1.807) is 60.7 Å². The van der Waals surface area contributed by atoms with Crippen LogP contribution in [-0.2, 0) is 6.61 Å². The number of halogens is 1. The van der Waals surface area contributed by atoms with Gasteiger partial charge in [-0.05, 0) is 54.1 Å². The quantitative estimate of drug-likeness (QED) is 0.477. The number of rotatable bonds is 7. The van der Waals surface area contributed by atoms with Crippen molar-refractivity contribution in [3.05, 3.63) is 94.8 Å². The molecule has 0 saturated carbocycles. The highest BCUT2D eigenvalue weighted by Gasteiger charge is 2.08. The van der Waals surface area contributed by atoms with Gasteiger partial charge in [0.15, 0.2) is 11.5 Å². The first-order chi connectivity index (χ1) is 14.6. The van der Waals surface area contributed by atoms with Crippen molar-refractivity contribution in [2.45, 2.75) is 6.61 Å². The minimum absolute atomic E-state index is 0.0666. The minimum atomic E-state index is -0.396. The maximum atomic E-state index is 13.7. The van der Waals surface area contributed by atoms with Crippen molar-refractivity contribution in [1.29, 1.82) is 5.26 Å². The molecule has 0 saturated heterocycles. The third kappa shape index (κ3) is 5.20. The maximum absolute atomic E-state index is 13.7. The van der Waals surface area contributed by atoms with Crippen LogP contribution in [0.5, 0.6) is 11.5 Å². The molecule has 1 N–H and O–H groups in total. The molecule has 3 rings (SSSR count). The second kappa shape index (κ2) is 9.85. The Morgan fingerprint density at radius 2 is 1.90 bits per heavy atom. The molecule has 0 aliphatic carbocycles. The number of nitrogens with zero attached hydrogens (tertiary/aromatic N) is 2. The lowest BCUT2D eigenvalue weighted by molar-refractivity contribution is 0.0955. The number of carbonyl (C=O) groups is 1. The van der Waals surface area contributed by atoms with Crippen LogP contribution in [0.25, 0.3) is 0 Å². The number of carbonyl (C=O) groups excluding carboxylic acids is 1. The Hall–Kier alpha value is -4.18. The molecule has 0 aliphatic heterocycles. The molecule has 0 aliphatic rings. The highest BCUT2D eigenvalue weighted by Crippen LogP contribution is 2.28. The molecule has 3 aromatic carbocycles. The number of nitrogens with one attached hydrogen (secondary N) is 1. The van der Waals surface area contributed by atoms with E-state index in [1.165, 1.54) is 19.4 Å². The number of methoxy groups -OCH3 is 1. The van der Waals surface area contributed by atoms with Crippen LogP contribution in [0.1, 0.15) is 27.0 Å². The fourth-order valence-corrected chi connectivity index (χ4v) is 2.58.